The first-order chi connectivity index (χ1) is 12.0. The lowest BCUT2D eigenvalue weighted by Gasteiger charge is -2.44. The molecule has 4 rings (SSSR count). The van der Waals surface area contributed by atoms with Crippen LogP contribution < -0.4 is 9.47 Å². The number of carbonyl (C=O) groups excluding carboxylic acids is 1. The predicted molar refractivity (Wildman–Crippen MR) is 96.6 cm³/mol. The van der Waals surface area contributed by atoms with Gasteiger partial charge in [0.1, 0.15) is 0 Å². The van der Waals surface area contributed by atoms with E-state index in [0.717, 1.165) is 49.2 Å². The maximum absolute atomic E-state index is 12.5. The number of amides is 1. The average Bonchev–Trinajstić information content (AvgIpc) is 3.39. The Morgan fingerprint density at radius 2 is 1.84 bits per heavy atom. The summed E-state index contributed by atoms with van der Waals surface area (Å²) in [5.74, 6) is 2.42. The summed E-state index contributed by atoms with van der Waals surface area (Å²) in [7, 11) is 0. The van der Waals surface area contributed by atoms with Gasteiger partial charge in [0, 0.05) is 37.8 Å². The van der Waals surface area contributed by atoms with Gasteiger partial charge < -0.3 is 14.4 Å². The molecule has 1 saturated heterocycles. The highest BCUT2D eigenvalue weighted by Gasteiger charge is 2.42. The standard InChI is InChI=1S/C20H26N2O3/c1-20(2,16-5-6-16)22-11-9-21(10-12-22)19(23)8-4-15-3-7-17-18(13-15)25-14-24-17/h3-4,7-8,13,16H,5-6,9-12,14H2,1-2H3. The zero-order chi connectivity index (χ0) is 17.4. The maximum atomic E-state index is 12.5. The zero-order valence-electron chi connectivity index (χ0n) is 15.0. The van der Waals surface area contributed by atoms with Crippen molar-refractivity contribution in [2.75, 3.05) is 33.0 Å². The van der Waals surface area contributed by atoms with Gasteiger partial charge in [-0.15, -0.1) is 0 Å². The van der Waals surface area contributed by atoms with Gasteiger partial charge in [-0.2, -0.15) is 0 Å². The lowest BCUT2D eigenvalue weighted by atomic mass is 9.95. The van der Waals surface area contributed by atoms with Gasteiger partial charge in [0.05, 0.1) is 0 Å². The fourth-order valence-corrected chi connectivity index (χ4v) is 3.84. The van der Waals surface area contributed by atoms with Crippen LogP contribution in [-0.4, -0.2) is 54.2 Å². The number of rotatable bonds is 4. The van der Waals surface area contributed by atoms with Crippen LogP contribution in [0, 0.1) is 5.92 Å². The Morgan fingerprint density at radius 3 is 2.56 bits per heavy atom. The summed E-state index contributed by atoms with van der Waals surface area (Å²) in [6.45, 7) is 8.51. The van der Waals surface area contributed by atoms with E-state index in [2.05, 4.69) is 18.7 Å². The summed E-state index contributed by atoms with van der Waals surface area (Å²) >= 11 is 0. The maximum Gasteiger partial charge on any atom is 0.246 e. The quantitative estimate of drug-likeness (QED) is 0.789. The molecule has 2 fully saturated rings. The highest BCUT2D eigenvalue weighted by atomic mass is 16.7. The van der Waals surface area contributed by atoms with Crippen molar-refractivity contribution in [3.8, 4) is 11.5 Å². The van der Waals surface area contributed by atoms with Gasteiger partial charge >= 0.3 is 0 Å². The third kappa shape index (κ3) is 3.38. The van der Waals surface area contributed by atoms with Gasteiger partial charge in [-0.3, -0.25) is 9.69 Å². The van der Waals surface area contributed by atoms with Crippen LogP contribution in [-0.2, 0) is 4.79 Å². The molecule has 1 aliphatic carbocycles. The Labute approximate surface area is 149 Å². The molecule has 5 heteroatoms. The summed E-state index contributed by atoms with van der Waals surface area (Å²) in [4.78, 5) is 17.0. The van der Waals surface area contributed by atoms with E-state index in [0.29, 0.717) is 0 Å². The monoisotopic (exact) mass is 342 g/mol. The van der Waals surface area contributed by atoms with E-state index in [4.69, 9.17) is 9.47 Å². The molecule has 1 aromatic rings. The van der Waals surface area contributed by atoms with Crippen LogP contribution in [0.3, 0.4) is 0 Å². The molecule has 2 aliphatic heterocycles. The minimum absolute atomic E-state index is 0.0848. The van der Waals surface area contributed by atoms with Crippen LogP contribution in [0.5, 0.6) is 11.5 Å². The molecule has 0 atom stereocenters. The van der Waals surface area contributed by atoms with Crippen LogP contribution in [0.2, 0.25) is 0 Å². The van der Waals surface area contributed by atoms with Crippen LogP contribution >= 0.6 is 0 Å². The first kappa shape index (κ1) is 16.5. The minimum atomic E-state index is 0.0848. The molecule has 134 valence electrons. The lowest BCUT2D eigenvalue weighted by Crippen LogP contribution is -2.56. The normalized spacial score (nSPS) is 21.1. The zero-order valence-corrected chi connectivity index (χ0v) is 15.0. The van der Waals surface area contributed by atoms with Crippen molar-refractivity contribution in [2.45, 2.75) is 32.2 Å². The fourth-order valence-electron chi connectivity index (χ4n) is 3.84. The first-order valence-electron chi connectivity index (χ1n) is 9.16. The number of piperazine rings is 1. The van der Waals surface area contributed by atoms with E-state index in [1.807, 2.05) is 29.2 Å². The molecule has 0 bridgehead atoms. The Kier molecular flexibility index (Phi) is 4.20. The Balaban J connectivity index is 1.33. The topological polar surface area (TPSA) is 42.0 Å². The fraction of sp³-hybridized carbons (Fsp3) is 0.550. The van der Waals surface area contributed by atoms with Gasteiger partial charge in [-0.25, -0.2) is 0 Å². The molecule has 3 aliphatic rings. The second kappa shape index (κ2) is 6.37. The Morgan fingerprint density at radius 1 is 1.12 bits per heavy atom. The second-order valence-corrected chi connectivity index (χ2v) is 7.69. The number of hydrogen-bond donors (Lipinski definition) is 0. The minimum Gasteiger partial charge on any atom is -0.454 e. The van der Waals surface area contributed by atoms with Crippen LogP contribution in [0.25, 0.3) is 6.08 Å². The molecule has 5 nitrogen and oxygen atoms in total. The third-order valence-corrected chi connectivity index (χ3v) is 5.80. The number of ether oxygens (including phenoxy) is 2. The summed E-state index contributed by atoms with van der Waals surface area (Å²) in [6.07, 6.45) is 6.22. The molecule has 25 heavy (non-hydrogen) atoms. The van der Waals surface area contributed by atoms with Crippen molar-refractivity contribution in [3.63, 3.8) is 0 Å². The van der Waals surface area contributed by atoms with Gasteiger partial charge in [0.2, 0.25) is 12.7 Å². The average molecular weight is 342 g/mol. The van der Waals surface area contributed by atoms with Crippen molar-refractivity contribution in [1.29, 1.82) is 0 Å². The van der Waals surface area contributed by atoms with Crippen molar-refractivity contribution in [1.82, 2.24) is 9.80 Å². The molecule has 0 spiro atoms. The number of hydrogen-bond acceptors (Lipinski definition) is 4. The summed E-state index contributed by atoms with van der Waals surface area (Å²) in [6, 6.07) is 5.72. The second-order valence-electron chi connectivity index (χ2n) is 7.69. The highest BCUT2D eigenvalue weighted by molar-refractivity contribution is 5.92. The molecule has 0 aromatic heterocycles. The van der Waals surface area contributed by atoms with Gasteiger partial charge in [-0.05, 0) is 56.4 Å². The molecule has 0 radical (unpaired) electrons. The molecule has 0 N–H and O–H groups in total. The van der Waals surface area contributed by atoms with Crippen molar-refractivity contribution in [3.05, 3.63) is 29.8 Å². The van der Waals surface area contributed by atoms with E-state index < -0.39 is 0 Å². The molecule has 0 unspecified atom stereocenters. The van der Waals surface area contributed by atoms with E-state index >= 15 is 0 Å². The predicted octanol–water partition coefficient (Wildman–Crippen LogP) is 2.76. The molecule has 1 saturated carbocycles. The first-order valence-corrected chi connectivity index (χ1v) is 9.16. The van der Waals surface area contributed by atoms with E-state index in [1.54, 1.807) is 6.08 Å². The molecule has 1 amide bonds. The largest absolute Gasteiger partial charge is 0.454 e. The molecular weight excluding hydrogens is 316 g/mol. The van der Waals surface area contributed by atoms with Gasteiger partial charge in [-0.1, -0.05) is 6.07 Å². The van der Waals surface area contributed by atoms with E-state index in [1.165, 1.54) is 12.8 Å². The lowest BCUT2D eigenvalue weighted by molar-refractivity contribution is -0.128. The molecule has 1 aromatic carbocycles. The summed E-state index contributed by atoms with van der Waals surface area (Å²) in [5.41, 5.74) is 1.23. The summed E-state index contributed by atoms with van der Waals surface area (Å²) < 4.78 is 10.7. The smallest absolute Gasteiger partial charge is 0.246 e. The highest BCUT2D eigenvalue weighted by Crippen LogP contribution is 2.43. The van der Waals surface area contributed by atoms with Crippen molar-refractivity contribution < 1.29 is 14.3 Å². The van der Waals surface area contributed by atoms with Gasteiger partial charge in [0.15, 0.2) is 11.5 Å². The Hall–Kier alpha value is -2.01. The SMILES string of the molecule is CC(C)(C1CC1)N1CCN(C(=O)C=Cc2ccc3c(c2)OCO3)CC1. The molecule has 2 heterocycles. The molecular formula is C20H26N2O3. The van der Waals surface area contributed by atoms with E-state index in [-0.39, 0.29) is 18.2 Å². The van der Waals surface area contributed by atoms with Crippen LogP contribution in [0.15, 0.2) is 24.3 Å². The van der Waals surface area contributed by atoms with Crippen LogP contribution in [0.1, 0.15) is 32.3 Å². The van der Waals surface area contributed by atoms with E-state index in [9.17, 15) is 4.79 Å². The third-order valence-electron chi connectivity index (χ3n) is 5.80. The van der Waals surface area contributed by atoms with Crippen molar-refractivity contribution in [2.24, 2.45) is 5.92 Å². The van der Waals surface area contributed by atoms with Crippen LogP contribution in [0.4, 0.5) is 0 Å². The van der Waals surface area contributed by atoms with Gasteiger partial charge in [0.25, 0.3) is 0 Å². The number of nitrogens with zero attached hydrogens (tertiary/aromatic N) is 2. The summed E-state index contributed by atoms with van der Waals surface area (Å²) in [5, 5.41) is 0. The number of benzene rings is 1. The number of fused-ring (bicyclic) bond motifs is 1. The van der Waals surface area contributed by atoms with Crippen molar-refractivity contribution >= 4 is 12.0 Å². The Bertz CT molecular complexity index is 686. The number of carbonyl (C=O) groups is 1.